The zero-order chi connectivity index (χ0) is 21.3. The molecule has 0 N–H and O–H groups in total. The summed E-state index contributed by atoms with van der Waals surface area (Å²) in [6, 6.07) is 15.2. The summed E-state index contributed by atoms with van der Waals surface area (Å²) < 4.78 is 0. The zero-order valence-electron chi connectivity index (χ0n) is 16.3. The number of rotatable bonds is 3. The van der Waals surface area contributed by atoms with E-state index in [2.05, 4.69) is 14.9 Å². The first kappa shape index (κ1) is 20.9. The molecular formula is C22H19Cl3N4O. The molecule has 0 radical (unpaired) electrons. The Bertz CT molecular complexity index is 1080. The van der Waals surface area contributed by atoms with Gasteiger partial charge in [0.1, 0.15) is 11.6 Å². The summed E-state index contributed by atoms with van der Waals surface area (Å²) in [5.74, 6) is 1.35. The third kappa shape index (κ3) is 4.24. The number of piperazine rings is 1. The molecule has 2 aromatic carbocycles. The molecule has 1 amide bonds. The second-order valence-corrected chi connectivity index (χ2v) is 8.21. The molecule has 0 bridgehead atoms. The SMILES string of the molecule is Cc1nc(-c2ccccc2)cc(N2CCN(C(=O)c3c(Cl)ccc(Cl)c3Cl)CC2)n1. The summed E-state index contributed by atoms with van der Waals surface area (Å²) in [5, 5.41) is 0.805. The maximum Gasteiger partial charge on any atom is 0.257 e. The molecule has 4 rings (SSSR count). The van der Waals surface area contributed by atoms with Crippen molar-refractivity contribution in [1.29, 1.82) is 0 Å². The van der Waals surface area contributed by atoms with Crippen molar-refractivity contribution in [2.75, 3.05) is 31.1 Å². The Morgan fingerprint density at radius 3 is 2.27 bits per heavy atom. The lowest BCUT2D eigenvalue weighted by atomic mass is 10.1. The number of hydrogen-bond donors (Lipinski definition) is 0. The lowest BCUT2D eigenvalue weighted by Gasteiger charge is -2.36. The molecule has 2 heterocycles. The maximum atomic E-state index is 13.0. The van der Waals surface area contributed by atoms with Crippen LogP contribution in [-0.2, 0) is 0 Å². The summed E-state index contributed by atoms with van der Waals surface area (Å²) in [6.45, 7) is 4.24. The van der Waals surface area contributed by atoms with Gasteiger partial charge in [0.15, 0.2) is 0 Å². The third-order valence-corrected chi connectivity index (χ3v) is 6.16. The van der Waals surface area contributed by atoms with Crippen molar-refractivity contribution in [3.8, 4) is 11.3 Å². The number of amides is 1. The second-order valence-electron chi connectivity index (χ2n) is 7.02. The fourth-order valence-corrected chi connectivity index (χ4v) is 4.18. The number of carbonyl (C=O) groups excluding carboxylic acids is 1. The summed E-state index contributed by atoms with van der Waals surface area (Å²) in [4.78, 5) is 26.1. The zero-order valence-corrected chi connectivity index (χ0v) is 18.5. The quantitative estimate of drug-likeness (QED) is 0.492. The van der Waals surface area contributed by atoms with E-state index in [-0.39, 0.29) is 16.5 Å². The summed E-state index contributed by atoms with van der Waals surface area (Å²) in [6.07, 6.45) is 0. The molecule has 1 aromatic heterocycles. The highest BCUT2D eigenvalue weighted by atomic mass is 35.5. The molecule has 30 heavy (non-hydrogen) atoms. The van der Waals surface area contributed by atoms with Gasteiger partial charge in [-0.15, -0.1) is 0 Å². The van der Waals surface area contributed by atoms with E-state index in [0.717, 1.165) is 17.1 Å². The molecule has 0 saturated carbocycles. The number of nitrogens with zero attached hydrogens (tertiary/aromatic N) is 4. The van der Waals surface area contributed by atoms with Gasteiger partial charge in [-0.3, -0.25) is 4.79 Å². The molecule has 3 aromatic rings. The van der Waals surface area contributed by atoms with Gasteiger partial charge in [0.2, 0.25) is 0 Å². The van der Waals surface area contributed by atoms with E-state index in [9.17, 15) is 4.79 Å². The number of carbonyl (C=O) groups is 1. The molecular weight excluding hydrogens is 443 g/mol. The Morgan fingerprint density at radius 2 is 1.57 bits per heavy atom. The first-order chi connectivity index (χ1) is 14.4. The average Bonchev–Trinajstić information content (AvgIpc) is 2.77. The van der Waals surface area contributed by atoms with Crippen LogP contribution in [0.3, 0.4) is 0 Å². The molecule has 0 atom stereocenters. The van der Waals surface area contributed by atoms with E-state index in [0.29, 0.717) is 42.0 Å². The molecule has 1 aliphatic rings. The van der Waals surface area contributed by atoms with Gasteiger partial charge < -0.3 is 9.80 Å². The van der Waals surface area contributed by atoms with Crippen molar-refractivity contribution in [1.82, 2.24) is 14.9 Å². The largest absolute Gasteiger partial charge is 0.353 e. The minimum Gasteiger partial charge on any atom is -0.353 e. The van der Waals surface area contributed by atoms with Gasteiger partial charge in [-0.1, -0.05) is 65.1 Å². The molecule has 8 heteroatoms. The van der Waals surface area contributed by atoms with Crippen LogP contribution in [0.1, 0.15) is 16.2 Å². The van der Waals surface area contributed by atoms with Crippen molar-refractivity contribution in [2.24, 2.45) is 0 Å². The van der Waals surface area contributed by atoms with E-state index in [4.69, 9.17) is 34.8 Å². The van der Waals surface area contributed by atoms with E-state index in [1.807, 2.05) is 43.3 Å². The first-order valence-corrected chi connectivity index (χ1v) is 10.7. The van der Waals surface area contributed by atoms with Crippen LogP contribution in [0.15, 0.2) is 48.5 Å². The van der Waals surface area contributed by atoms with E-state index < -0.39 is 0 Å². The lowest BCUT2D eigenvalue weighted by molar-refractivity contribution is 0.0747. The Morgan fingerprint density at radius 1 is 0.900 bits per heavy atom. The van der Waals surface area contributed by atoms with Crippen LogP contribution in [0.25, 0.3) is 11.3 Å². The van der Waals surface area contributed by atoms with Crippen LogP contribution in [0.5, 0.6) is 0 Å². The van der Waals surface area contributed by atoms with Crippen LogP contribution in [-0.4, -0.2) is 47.0 Å². The van der Waals surface area contributed by atoms with Crippen LogP contribution in [0, 0.1) is 6.92 Å². The predicted octanol–water partition coefficient (Wildman–Crippen LogP) is 5.37. The Labute approximate surface area is 190 Å². The highest BCUT2D eigenvalue weighted by molar-refractivity contribution is 6.46. The monoisotopic (exact) mass is 460 g/mol. The van der Waals surface area contributed by atoms with Gasteiger partial charge in [0, 0.05) is 37.8 Å². The maximum absolute atomic E-state index is 13.0. The fraction of sp³-hybridized carbons (Fsp3) is 0.227. The Kier molecular flexibility index (Phi) is 6.14. The van der Waals surface area contributed by atoms with Crippen molar-refractivity contribution < 1.29 is 4.79 Å². The summed E-state index contributed by atoms with van der Waals surface area (Å²) >= 11 is 18.5. The van der Waals surface area contributed by atoms with Gasteiger partial charge in [-0.05, 0) is 19.1 Å². The summed E-state index contributed by atoms with van der Waals surface area (Å²) in [7, 11) is 0. The number of aromatic nitrogens is 2. The van der Waals surface area contributed by atoms with Gasteiger partial charge in [0.05, 0.1) is 26.3 Å². The lowest BCUT2D eigenvalue weighted by Crippen LogP contribution is -2.49. The minimum atomic E-state index is -0.212. The van der Waals surface area contributed by atoms with Gasteiger partial charge in [-0.2, -0.15) is 0 Å². The average molecular weight is 462 g/mol. The van der Waals surface area contributed by atoms with Crippen LogP contribution >= 0.6 is 34.8 Å². The normalized spacial score (nSPS) is 14.1. The fourth-order valence-electron chi connectivity index (χ4n) is 3.49. The first-order valence-electron chi connectivity index (χ1n) is 9.53. The molecule has 0 spiro atoms. The van der Waals surface area contributed by atoms with E-state index in [1.165, 1.54) is 0 Å². The number of benzene rings is 2. The Balaban J connectivity index is 1.51. The highest BCUT2D eigenvalue weighted by Gasteiger charge is 2.27. The van der Waals surface area contributed by atoms with E-state index in [1.54, 1.807) is 17.0 Å². The number of hydrogen-bond acceptors (Lipinski definition) is 4. The van der Waals surface area contributed by atoms with Crippen LogP contribution in [0.2, 0.25) is 15.1 Å². The minimum absolute atomic E-state index is 0.190. The number of aryl methyl sites for hydroxylation is 1. The highest BCUT2D eigenvalue weighted by Crippen LogP contribution is 2.32. The molecule has 5 nitrogen and oxygen atoms in total. The van der Waals surface area contributed by atoms with Crippen LogP contribution < -0.4 is 4.90 Å². The van der Waals surface area contributed by atoms with Gasteiger partial charge in [-0.25, -0.2) is 9.97 Å². The van der Waals surface area contributed by atoms with Gasteiger partial charge in [0.25, 0.3) is 5.91 Å². The third-order valence-electron chi connectivity index (χ3n) is 5.04. The smallest absolute Gasteiger partial charge is 0.257 e. The van der Waals surface area contributed by atoms with Crippen molar-refractivity contribution in [3.05, 3.63) is 75.0 Å². The van der Waals surface area contributed by atoms with Crippen LogP contribution in [0.4, 0.5) is 5.82 Å². The predicted molar refractivity (Wildman–Crippen MR) is 122 cm³/mol. The molecule has 0 unspecified atom stereocenters. The van der Waals surface area contributed by atoms with Crippen molar-refractivity contribution >= 4 is 46.5 Å². The van der Waals surface area contributed by atoms with Gasteiger partial charge >= 0.3 is 0 Å². The van der Waals surface area contributed by atoms with Crippen molar-refractivity contribution in [3.63, 3.8) is 0 Å². The number of anilines is 1. The molecule has 1 saturated heterocycles. The molecule has 0 aliphatic carbocycles. The molecule has 154 valence electrons. The molecule has 1 fully saturated rings. The topological polar surface area (TPSA) is 49.3 Å². The Hall–Kier alpha value is -2.34. The standard InChI is InChI=1S/C22H19Cl3N4O/c1-14-26-18(15-5-3-2-4-6-15)13-19(27-14)28-9-11-29(12-10-28)22(30)20-16(23)7-8-17(24)21(20)25/h2-8,13H,9-12H2,1H3. The van der Waals surface area contributed by atoms with E-state index >= 15 is 0 Å². The summed E-state index contributed by atoms with van der Waals surface area (Å²) in [5.41, 5.74) is 2.18. The number of halogens is 3. The molecule has 1 aliphatic heterocycles. The van der Waals surface area contributed by atoms with Crippen molar-refractivity contribution in [2.45, 2.75) is 6.92 Å². The second kappa shape index (κ2) is 8.80.